The first kappa shape index (κ1) is 9.31. The smallest absolute Gasteiger partial charge is 0.0766 e. The number of pyridine rings is 1. The van der Waals surface area contributed by atoms with Crippen molar-refractivity contribution >= 4 is 11.4 Å². The Hall–Kier alpha value is -1.25. The molecule has 0 amide bonds. The fourth-order valence-corrected chi connectivity index (χ4v) is 1.66. The van der Waals surface area contributed by atoms with E-state index in [0.717, 1.165) is 5.69 Å². The maximum Gasteiger partial charge on any atom is 0.0766 e. The van der Waals surface area contributed by atoms with Crippen LogP contribution in [-0.2, 0) is 0 Å². The van der Waals surface area contributed by atoms with Gasteiger partial charge in [0, 0.05) is 26.3 Å². The van der Waals surface area contributed by atoms with Gasteiger partial charge in [0.2, 0.25) is 0 Å². The second-order valence-corrected chi connectivity index (χ2v) is 4.06. The molecule has 2 rings (SSSR count). The van der Waals surface area contributed by atoms with Crippen LogP contribution in [0.3, 0.4) is 0 Å². The van der Waals surface area contributed by atoms with Crippen LogP contribution in [-0.4, -0.2) is 25.1 Å². The third kappa shape index (κ3) is 1.81. The predicted octanol–water partition coefficient (Wildman–Crippen LogP) is 2.11. The molecule has 3 nitrogen and oxygen atoms in total. The molecule has 1 aliphatic carbocycles. The molecule has 3 heteroatoms. The zero-order valence-electron chi connectivity index (χ0n) is 8.83. The van der Waals surface area contributed by atoms with Crippen LogP contribution in [0.25, 0.3) is 0 Å². The normalized spacial score (nSPS) is 16.1. The molecule has 14 heavy (non-hydrogen) atoms. The number of hydrogen-bond donors (Lipinski definition) is 1. The van der Waals surface area contributed by atoms with Crippen molar-refractivity contribution < 1.29 is 0 Å². The van der Waals surface area contributed by atoms with Crippen molar-refractivity contribution in [1.29, 1.82) is 0 Å². The lowest BCUT2D eigenvalue weighted by Gasteiger charge is -2.29. The highest BCUT2D eigenvalue weighted by molar-refractivity contribution is 5.68. The van der Waals surface area contributed by atoms with Crippen LogP contribution in [0.15, 0.2) is 18.5 Å². The number of rotatable bonds is 3. The van der Waals surface area contributed by atoms with E-state index < -0.39 is 0 Å². The molecule has 0 atom stereocenters. The van der Waals surface area contributed by atoms with Crippen molar-refractivity contribution in [1.82, 2.24) is 4.98 Å². The predicted molar refractivity (Wildman–Crippen MR) is 59.8 cm³/mol. The molecule has 1 aliphatic rings. The Kier molecular flexibility index (Phi) is 2.57. The average molecular weight is 191 g/mol. The average Bonchev–Trinajstić information content (AvgIpc) is 2.12. The molecule has 1 saturated carbocycles. The lowest BCUT2D eigenvalue weighted by molar-refractivity contribution is 0.445. The van der Waals surface area contributed by atoms with Gasteiger partial charge in [-0.25, -0.2) is 0 Å². The maximum absolute atomic E-state index is 4.15. The van der Waals surface area contributed by atoms with Crippen molar-refractivity contribution in [3.8, 4) is 0 Å². The molecule has 0 radical (unpaired) electrons. The number of anilines is 2. The minimum absolute atomic E-state index is 0.665. The number of nitrogens with one attached hydrogen (secondary N) is 1. The van der Waals surface area contributed by atoms with E-state index in [2.05, 4.69) is 29.3 Å². The summed E-state index contributed by atoms with van der Waals surface area (Å²) in [6.07, 6.45) is 7.69. The first-order valence-corrected chi connectivity index (χ1v) is 5.15. The Morgan fingerprint density at radius 3 is 2.79 bits per heavy atom. The minimum atomic E-state index is 0.665. The summed E-state index contributed by atoms with van der Waals surface area (Å²) in [4.78, 5) is 6.26. The summed E-state index contributed by atoms with van der Waals surface area (Å²) in [5.74, 6) is 0. The molecule has 0 aliphatic heterocycles. The zero-order valence-corrected chi connectivity index (χ0v) is 8.83. The summed E-state index contributed by atoms with van der Waals surface area (Å²) in [5.41, 5.74) is 2.37. The fourth-order valence-electron chi connectivity index (χ4n) is 1.66. The van der Waals surface area contributed by atoms with Gasteiger partial charge in [-0.1, -0.05) is 0 Å². The first-order chi connectivity index (χ1) is 6.77. The van der Waals surface area contributed by atoms with Crippen LogP contribution in [0.5, 0.6) is 0 Å². The minimum Gasteiger partial charge on any atom is -0.379 e. The van der Waals surface area contributed by atoms with Gasteiger partial charge in [-0.3, -0.25) is 4.98 Å². The second kappa shape index (κ2) is 3.86. The fraction of sp³-hybridized carbons (Fsp3) is 0.545. The van der Waals surface area contributed by atoms with Crippen molar-refractivity contribution in [3.05, 3.63) is 18.5 Å². The molecule has 0 spiro atoms. The van der Waals surface area contributed by atoms with Gasteiger partial charge in [0.1, 0.15) is 0 Å². The highest BCUT2D eigenvalue weighted by Crippen LogP contribution is 2.28. The summed E-state index contributed by atoms with van der Waals surface area (Å²) in [6.45, 7) is 0. The van der Waals surface area contributed by atoms with Crippen LogP contribution >= 0.6 is 0 Å². The maximum atomic E-state index is 4.15. The van der Waals surface area contributed by atoms with Crippen molar-refractivity contribution in [2.75, 3.05) is 24.3 Å². The van der Waals surface area contributed by atoms with Gasteiger partial charge in [0.25, 0.3) is 0 Å². The van der Waals surface area contributed by atoms with Gasteiger partial charge >= 0.3 is 0 Å². The second-order valence-electron chi connectivity index (χ2n) is 4.06. The standard InChI is InChI=1S/C11H17N3/c1-14(2)11-6-7-12-8-10(11)13-9-4-3-5-9/h6-9,13H,3-5H2,1-2H3. The molecule has 0 unspecified atom stereocenters. The molecule has 1 heterocycles. The SMILES string of the molecule is CN(C)c1ccncc1NC1CCC1. The van der Waals surface area contributed by atoms with E-state index in [-0.39, 0.29) is 0 Å². The summed E-state index contributed by atoms with van der Waals surface area (Å²) in [7, 11) is 4.11. The summed E-state index contributed by atoms with van der Waals surface area (Å²) >= 11 is 0. The van der Waals surface area contributed by atoms with Gasteiger partial charge in [-0.15, -0.1) is 0 Å². The number of hydrogen-bond acceptors (Lipinski definition) is 3. The number of aromatic nitrogens is 1. The van der Waals surface area contributed by atoms with Gasteiger partial charge in [-0.05, 0) is 25.3 Å². The first-order valence-electron chi connectivity index (χ1n) is 5.15. The largest absolute Gasteiger partial charge is 0.379 e. The summed E-state index contributed by atoms with van der Waals surface area (Å²) in [6, 6.07) is 2.71. The molecule has 1 fully saturated rings. The van der Waals surface area contributed by atoms with Crippen LogP contribution in [0.1, 0.15) is 19.3 Å². The van der Waals surface area contributed by atoms with E-state index in [9.17, 15) is 0 Å². The van der Waals surface area contributed by atoms with Crippen molar-refractivity contribution in [2.24, 2.45) is 0 Å². The van der Waals surface area contributed by atoms with Gasteiger partial charge in [0.15, 0.2) is 0 Å². The zero-order chi connectivity index (χ0) is 9.97. The Balaban J connectivity index is 2.13. The third-order valence-electron chi connectivity index (χ3n) is 2.74. The van der Waals surface area contributed by atoms with E-state index in [0.29, 0.717) is 6.04 Å². The number of nitrogens with zero attached hydrogens (tertiary/aromatic N) is 2. The van der Waals surface area contributed by atoms with Crippen LogP contribution in [0.4, 0.5) is 11.4 Å². The molecule has 76 valence electrons. The molecule has 1 aromatic rings. The van der Waals surface area contributed by atoms with E-state index >= 15 is 0 Å². The molecule has 0 saturated heterocycles. The van der Waals surface area contributed by atoms with Crippen molar-refractivity contribution in [2.45, 2.75) is 25.3 Å². The lowest BCUT2D eigenvalue weighted by atomic mass is 9.93. The van der Waals surface area contributed by atoms with Crippen LogP contribution in [0.2, 0.25) is 0 Å². The Morgan fingerprint density at radius 2 is 2.21 bits per heavy atom. The van der Waals surface area contributed by atoms with E-state index in [4.69, 9.17) is 0 Å². The summed E-state index contributed by atoms with van der Waals surface area (Å²) < 4.78 is 0. The highest BCUT2D eigenvalue weighted by atomic mass is 15.1. The van der Waals surface area contributed by atoms with E-state index in [1.165, 1.54) is 24.9 Å². The molecule has 0 bridgehead atoms. The molecule has 1 N–H and O–H groups in total. The molecule has 1 aromatic heterocycles. The highest BCUT2D eigenvalue weighted by Gasteiger charge is 2.18. The Morgan fingerprint density at radius 1 is 1.43 bits per heavy atom. The molecular formula is C11H17N3. The van der Waals surface area contributed by atoms with Gasteiger partial charge in [-0.2, -0.15) is 0 Å². The monoisotopic (exact) mass is 191 g/mol. The lowest BCUT2D eigenvalue weighted by Crippen LogP contribution is -2.28. The summed E-state index contributed by atoms with van der Waals surface area (Å²) in [5, 5.41) is 3.52. The van der Waals surface area contributed by atoms with E-state index in [1.807, 2.05) is 18.5 Å². The van der Waals surface area contributed by atoms with Gasteiger partial charge in [0.05, 0.1) is 17.6 Å². The van der Waals surface area contributed by atoms with Crippen molar-refractivity contribution in [3.63, 3.8) is 0 Å². The quantitative estimate of drug-likeness (QED) is 0.793. The van der Waals surface area contributed by atoms with E-state index in [1.54, 1.807) is 0 Å². The van der Waals surface area contributed by atoms with Crippen LogP contribution in [0, 0.1) is 0 Å². The molecule has 0 aromatic carbocycles. The Bertz CT molecular complexity index is 305. The topological polar surface area (TPSA) is 28.2 Å². The Labute approximate surface area is 85.1 Å². The molecular weight excluding hydrogens is 174 g/mol. The third-order valence-corrected chi connectivity index (χ3v) is 2.74. The van der Waals surface area contributed by atoms with Crippen LogP contribution < -0.4 is 10.2 Å². The van der Waals surface area contributed by atoms with Gasteiger partial charge < -0.3 is 10.2 Å².